The first-order chi connectivity index (χ1) is 8.01. The number of carbonyl (C=O) groups excluding carboxylic acids is 1. The average Bonchev–Trinajstić information content (AvgIpc) is 2.73. The van der Waals surface area contributed by atoms with Crippen LogP contribution >= 0.6 is 11.8 Å². The third-order valence-electron chi connectivity index (χ3n) is 2.14. The van der Waals surface area contributed by atoms with E-state index in [0.29, 0.717) is 24.0 Å². The topological polar surface area (TPSA) is 95.9 Å². The van der Waals surface area contributed by atoms with Gasteiger partial charge in [-0.05, 0) is 24.3 Å². The van der Waals surface area contributed by atoms with Gasteiger partial charge in [-0.15, -0.1) is 5.10 Å². The van der Waals surface area contributed by atoms with Gasteiger partial charge in [-0.3, -0.25) is 4.79 Å². The number of rotatable bonds is 6. The van der Waals surface area contributed by atoms with E-state index in [-0.39, 0.29) is 5.97 Å². The molecule has 0 amide bonds. The SMILES string of the molecule is COC(=O)C(C)(C)CSc1nnnn1CCN. The van der Waals surface area contributed by atoms with E-state index in [1.165, 1.54) is 18.9 Å². The van der Waals surface area contributed by atoms with E-state index >= 15 is 0 Å². The molecule has 17 heavy (non-hydrogen) atoms. The lowest BCUT2D eigenvalue weighted by molar-refractivity contribution is -0.149. The number of aromatic nitrogens is 4. The highest BCUT2D eigenvalue weighted by Gasteiger charge is 2.29. The molecular formula is C9H17N5O2S. The Morgan fingerprint density at radius 2 is 2.29 bits per heavy atom. The molecule has 96 valence electrons. The molecule has 1 heterocycles. The molecule has 0 atom stereocenters. The van der Waals surface area contributed by atoms with Crippen LogP contribution in [0.25, 0.3) is 0 Å². The fourth-order valence-electron chi connectivity index (χ4n) is 1.14. The van der Waals surface area contributed by atoms with Crippen LogP contribution in [0.3, 0.4) is 0 Å². The number of ether oxygens (including phenoxy) is 1. The molecule has 0 aliphatic carbocycles. The molecule has 1 rings (SSSR count). The van der Waals surface area contributed by atoms with Crippen LogP contribution in [-0.2, 0) is 16.1 Å². The van der Waals surface area contributed by atoms with Crippen molar-refractivity contribution >= 4 is 17.7 Å². The number of tetrazole rings is 1. The molecule has 0 aromatic carbocycles. The van der Waals surface area contributed by atoms with Gasteiger partial charge in [0.25, 0.3) is 0 Å². The van der Waals surface area contributed by atoms with Crippen LogP contribution in [-0.4, -0.2) is 45.6 Å². The Kier molecular flexibility index (Phi) is 4.88. The van der Waals surface area contributed by atoms with Crippen molar-refractivity contribution in [3.8, 4) is 0 Å². The lowest BCUT2D eigenvalue weighted by atomic mass is 9.97. The van der Waals surface area contributed by atoms with Gasteiger partial charge >= 0.3 is 5.97 Å². The monoisotopic (exact) mass is 259 g/mol. The molecule has 0 radical (unpaired) electrons. The first-order valence-corrected chi connectivity index (χ1v) is 6.17. The van der Waals surface area contributed by atoms with Gasteiger partial charge in [0.05, 0.1) is 19.1 Å². The normalized spacial score (nSPS) is 11.5. The summed E-state index contributed by atoms with van der Waals surface area (Å²) in [6.07, 6.45) is 0. The fraction of sp³-hybridized carbons (Fsp3) is 0.778. The van der Waals surface area contributed by atoms with Gasteiger partial charge in [0.15, 0.2) is 0 Å². The van der Waals surface area contributed by atoms with E-state index < -0.39 is 5.41 Å². The van der Waals surface area contributed by atoms with Crippen molar-refractivity contribution in [1.29, 1.82) is 0 Å². The van der Waals surface area contributed by atoms with Crippen LogP contribution in [0.2, 0.25) is 0 Å². The van der Waals surface area contributed by atoms with E-state index in [0.717, 1.165) is 0 Å². The Bertz CT molecular complexity index is 379. The van der Waals surface area contributed by atoms with Crippen molar-refractivity contribution in [3.63, 3.8) is 0 Å². The average molecular weight is 259 g/mol. The van der Waals surface area contributed by atoms with Crippen molar-refractivity contribution in [1.82, 2.24) is 20.2 Å². The molecule has 0 unspecified atom stereocenters. The van der Waals surface area contributed by atoms with Gasteiger partial charge < -0.3 is 10.5 Å². The summed E-state index contributed by atoms with van der Waals surface area (Å²) in [4.78, 5) is 11.5. The van der Waals surface area contributed by atoms with Gasteiger partial charge in [-0.1, -0.05) is 11.8 Å². The summed E-state index contributed by atoms with van der Waals surface area (Å²) in [6.45, 7) is 4.68. The van der Waals surface area contributed by atoms with E-state index in [2.05, 4.69) is 15.5 Å². The van der Waals surface area contributed by atoms with Crippen molar-refractivity contribution in [3.05, 3.63) is 0 Å². The highest BCUT2D eigenvalue weighted by molar-refractivity contribution is 7.99. The van der Waals surface area contributed by atoms with Crippen molar-refractivity contribution in [2.24, 2.45) is 11.1 Å². The molecule has 0 saturated carbocycles. The number of esters is 1. The molecule has 0 fully saturated rings. The van der Waals surface area contributed by atoms with Crippen molar-refractivity contribution in [2.45, 2.75) is 25.5 Å². The molecule has 0 spiro atoms. The predicted molar refractivity (Wildman–Crippen MR) is 63.4 cm³/mol. The first-order valence-electron chi connectivity index (χ1n) is 5.18. The number of nitrogens with two attached hydrogens (primary N) is 1. The maximum atomic E-state index is 11.5. The Balaban J connectivity index is 2.60. The van der Waals surface area contributed by atoms with E-state index in [9.17, 15) is 4.79 Å². The standard InChI is InChI=1S/C9H17N5O2S/c1-9(2,7(15)16-3)6-17-8-11-12-13-14(8)5-4-10/h4-6,10H2,1-3H3. The molecule has 7 nitrogen and oxygen atoms in total. The number of methoxy groups -OCH3 is 1. The van der Waals surface area contributed by atoms with Crippen LogP contribution in [0.4, 0.5) is 0 Å². The van der Waals surface area contributed by atoms with Crippen LogP contribution in [0.15, 0.2) is 5.16 Å². The number of thioether (sulfide) groups is 1. The molecule has 1 aromatic rings. The molecule has 0 aliphatic rings. The van der Waals surface area contributed by atoms with Crippen molar-refractivity contribution in [2.75, 3.05) is 19.4 Å². The van der Waals surface area contributed by atoms with Gasteiger partial charge in [0, 0.05) is 12.3 Å². The summed E-state index contributed by atoms with van der Waals surface area (Å²) in [5, 5.41) is 11.9. The zero-order valence-electron chi connectivity index (χ0n) is 10.2. The van der Waals surface area contributed by atoms with Crippen LogP contribution < -0.4 is 5.73 Å². The van der Waals surface area contributed by atoms with Crippen molar-refractivity contribution < 1.29 is 9.53 Å². The van der Waals surface area contributed by atoms with Gasteiger partial charge in [0.1, 0.15) is 0 Å². The molecule has 0 saturated heterocycles. The zero-order valence-corrected chi connectivity index (χ0v) is 11.0. The maximum absolute atomic E-state index is 11.5. The quantitative estimate of drug-likeness (QED) is 0.564. The van der Waals surface area contributed by atoms with E-state index in [1.54, 1.807) is 4.68 Å². The van der Waals surface area contributed by atoms with Gasteiger partial charge in [0.2, 0.25) is 5.16 Å². The largest absolute Gasteiger partial charge is 0.469 e. The lowest BCUT2D eigenvalue weighted by Gasteiger charge is -2.20. The van der Waals surface area contributed by atoms with Crippen LogP contribution in [0, 0.1) is 5.41 Å². The molecule has 0 bridgehead atoms. The third-order valence-corrected chi connectivity index (χ3v) is 3.56. The second-order valence-electron chi connectivity index (χ2n) is 4.14. The Hall–Kier alpha value is -1.15. The van der Waals surface area contributed by atoms with Crippen LogP contribution in [0.1, 0.15) is 13.8 Å². The number of hydrogen-bond acceptors (Lipinski definition) is 7. The fourth-order valence-corrected chi connectivity index (χ4v) is 2.12. The molecule has 1 aromatic heterocycles. The highest BCUT2D eigenvalue weighted by atomic mass is 32.2. The minimum atomic E-state index is -0.571. The first kappa shape index (κ1) is 13.9. The highest BCUT2D eigenvalue weighted by Crippen LogP contribution is 2.26. The molecule has 2 N–H and O–H groups in total. The summed E-state index contributed by atoms with van der Waals surface area (Å²) in [6, 6.07) is 0. The van der Waals surface area contributed by atoms with E-state index in [4.69, 9.17) is 10.5 Å². The smallest absolute Gasteiger partial charge is 0.312 e. The minimum Gasteiger partial charge on any atom is -0.469 e. The van der Waals surface area contributed by atoms with Crippen LogP contribution in [0.5, 0.6) is 0 Å². The Morgan fingerprint density at radius 3 is 2.88 bits per heavy atom. The predicted octanol–water partition coefficient (Wildman–Crippen LogP) is -0.0769. The number of hydrogen-bond donors (Lipinski definition) is 1. The number of nitrogens with zero attached hydrogens (tertiary/aromatic N) is 4. The summed E-state index contributed by atoms with van der Waals surface area (Å²) >= 11 is 1.41. The molecular weight excluding hydrogens is 242 g/mol. The Labute approximate surface area is 104 Å². The van der Waals surface area contributed by atoms with E-state index in [1.807, 2.05) is 13.8 Å². The summed E-state index contributed by atoms with van der Waals surface area (Å²) < 4.78 is 6.35. The van der Waals surface area contributed by atoms with Gasteiger partial charge in [-0.2, -0.15) is 0 Å². The Morgan fingerprint density at radius 1 is 1.59 bits per heavy atom. The molecule has 8 heteroatoms. The van der Waals surface area contributed by atoms with Gasteiger partial charge in [-0.25, -0.2) is 4.68 Å². The third kappa shape index (κ3) is 3.67. The molecule has 0 aliphatic heterocycles. The summed E-state index contributed by atoms with van der Waals surface area (Å²) in [7, 11) is 1.38. The zero-order chi connectivity index (χ0) is 12.9. The summed E-state index contributed by atoms with van der Waals surface area (Å²) in [5.74, 6) is 0.299. The lowest BCUT2D eigenvalue weighted by Crippen LogP contribution is -2.28. The number of carbonyl (C=O) groups is 1. The maximum Gasteiger partial charge on any atom is 0.312 e. The second-order valence-corrected chi connectivity index (χ2v) is 5.08. The second kappa shape index (κ2) is 5.97. The minimum absolute atomic E-state index is 0.247. The summed E-state index contributed by atoms with van der Waals surface area (Å²) in [5.41, 5.74) is 4.87.